The molecular formula is C15H23N5O. The van der Waals surface area contributed by atoms with Gasteiger partial charge in [0.25, 0.3) is 0 Å². The first kappa shape index (κ1) is 14.3. The average molecular weight is 289 g/mol. The average Bonchev–Trinajstić information content (AvgIpc) is 3.16. The number of imidazole rings is 1. The molecule has 1 saturated carbocycles. The summed E-state index contributed by atoms with van der Waals surface area (Å²) >= 11 is 0. The lowest BCUT2D eigenvalue weighted by Gasteiger charge is -2.17. The van der Waals surface area contributed by atoms with Crippen LogP contribution >= 0.6 is 0 Å². The number of aryl methyl sites for hydroxylation is 2. The van der Waals surface area contributed by atoms with Crippen molar-refractivity contribution >= 4 is 0 Å². The maximum Gasteiger partial charge on any atom is 0.228 e. The summed E-state index contributed by atoms with van der Waals surface area (Å²) in [6.07, 6.45) is 8.73. The van der Waals surface area contributed by atoms with Gasteiger partial charge in [-0.2, -0.15) is 4.98 Å². The van der Waals surface area contributed by atoms with Crippen LogP contribution in [0.2, 0.25) is 0 Å². The molecule has 2 aromatic rings. The highest BCUT2D eigenvalue weighted by molar-refractivity contribution is 5.06. The lowest BCUT2D eigenvalue weighted by Crippen LogP contribution is -2.34. The minimum absolute atomic E-state index is 0.375. The molecule has 0 aromatic carbocycles. The Morgan fingerprint density at radius 1 is 1.38 bits per heavy atom. The zero-order valence-corrected chi connectivity index (χ0v) is 12.7. The van der Waals surface area contributed by atoms with Crippen molar-refractivity contribution in [3.63, 3.8) is 0 Å². The Labute approximate surface area is 124 Å². The molecule has 21 heavy (non-hydrogen) atoms. The van der Waals surface area contributed by atoms with Gasteiger partial charge in [-0.3, -0.25) is 0 Å². The largest absolute Gasteiger partial charge is 0.339 e. The van der Waals surface area contributed by atoms with Crippen molar-refractivity contribution in [3.8, 4) is 0 Å². The van der Waals surface area contributed by atoms with Gasteiger partial charge in [0.1, 0.15) is 5.82 Å². The van der Waals surface area contributed by atoms with Crippen LogP contribution in [0.25, 0.3) is 0 Å². The molecule has 6 heteroatoms. The van der Waals surface area contributed by atoms with Crippen LogP contribution in [0.5, 0.6) is 0 Å². The molecule has 2 heterocycles. The van der Waals surface area contributed by atoms with Gasteiger partial charge >= 0.3 is 0 Å². The first-order valence-corrected chi connectivity index (χ1v) is 7.71. The lowest BCUT2D eigenvalue weighted by atomic mass is 9.99. The molecule has 1 fully saturated rings. The topological polar surface area (TPSA) is 82.8 Å². The third-order valence-electron chi connectivity index (χ3n) is 4.24. The fourth-order valence-electron chi connectivity index (χ4n) is 3.01. The molecule has 2 aromatic heterocycles. The predicted molar refractivity (Wildman–Crippen MR) is 78.7 cm³/mol. The molecule has 0 amide bonds. The van der Waals surface area contributed by atoms with Crippen LogP contribution in [0, 0.1) is 0 Å². The molecule has 0 saturated heterocycles. The molecule has 114 valence electrons. The molecule has 0 atom stereocenters. The summed E-state index contributed by atoms with van der Waals surface area (Å²) in [6.45, 7) is 5.08. The van der Waals surface area contributed by atoms with Crippen molar-refractivity contribution < 1.29 is 4.52 Å². The second kappa shape index (κ2) is 5.60. The Morgan fingerprint density at radius 2 is 2.14 bits per heavy atom. The molecule has 0 bridgehead atoms. The van der Waals surface area contributed by atoms with E-state index in [1.54, 1.807) is 0 Å². The molecule has 0 unspecified atom stereocenters. The van der Waals surface area contributed by atoms with Crippen LogP contribution in [-0.2, 0) is 18.5 Å². The van der Waals surface area contributed by atoms with Crippen molar-refractivity contribution in [1.82, 2.24) is 19.7 Å². The maximum absolute atomic E-state index is 6.35. The number of hydrogen-bond acceptors (Lipinski definition) is 5. The SMILES string of the molecule is CC(C)c1nccn1CCc1nc(C2(N)CCCC2)no1. The summed E-state index contributed by atoms with van der Waals surface area (Å²) in [7, 11) is 0. The highest BCUT2D eigenvalue weighted by atomic mass is 16.5. The van der Waals surface area contributed by atoms with Crippen LogP contribution in [0.4, 0.5) is 0 Å². The fraction of sp³-hybridized carbons (Fsp3) is 0.667. The zero-order chi connectivity index (χ0) is 14.9. The number of hydrogen-bond donors (Lipinski definition) is 1. The van der Waals surface area contributed by atoms with Crippen LogP contribution in [0.15, 0.2) is 16.9 Å². The number of aromatic nitrogens is 4. The van der Waals surface area contributed by atoms with Gasteiger partial charge in [0, 0.05) is 31.3 Å². The standard InChI is InChI=1S/C15H23N5O/c1-11(2)13-17-8-10-20(13)9-5-12-18-14(19-21-12)15(16)6-3-4-7-15/h8,10-11H,3-7,9,16H2,1-2H3. The van der Waals surface area contributed by atoms with Crippen molar-refractivity contribution in [2.24, 2.45) is 5.73 Å². The van der Waals surface area contributed by atoms with E-state index in [-0.39, 0.29) is 5.54 Å². The van der Waals surface area contributed by atoms with Gasteiger partial charge in [-0.05, 0) is 12.8 Å². The minimum atomic E-state index is -0.375. The van der Waals surface area contributed by atoms with Crippen molar-refractivity contribution in [3.05, 3.63) is 29.9 Å². The van der Waals surface area contributed by atoms with Crippen molar-refractivity contribution in [2.45, 2.75) is 64.0 Å². The smallest absolute Gasteiger partial charge is 0.228 e. The highest BCUT2D eigenvalue weighted by Gasteiger charge is 2.35. The quantitative estimate of drug-likeness (QED) is 0.913. The molecule has 0 radical (unpaired) electrons. The Hall–Kier alpha value is -1.69. The summed E-state index contributed by atoms with van der Waals surface area (Å²) in [6, 6.07) is 0. The molecule has 3 rings (SSSR count). The molecule has 1 aliphatic rings. The number of nitrogens with zero attached hydrogens (tertiary/aromatic N) is 4. The Kier molecular flexibility index (Phi) is 3.80. The molecule has 0 aliphatic heterocycles. The molecule has 6 nitrogen and oxygen atoms in total. The van der Waals surface area contributed by atoms with E-state index in [1.807, 2.05) is 12.4 Å². The van der Waals surface area contributed by atoms with Crippen molar-refractivity contribution in [2.75, 3.05) is 0 Å². The van der Waals surface area contributed by atoms with Crippen LogP contribution in [-0.4, -0.2) is 19.7 Å². The Morgan fingerprint density at radius 3 is 2.86 bits per heavy atom. The highest BCUT2D eigenvalue weighted by Crippen LogP contribution is 2.34. The lowest BCUT2D eigenvalue weighted by molar-refractivity contribution is 0.344. The van der Waals surface area contributed by atoms with Crippen LogP contribution in [0.3, 0.4) is 0 Å². The van der Waals surface area contributed by atoms with E-state index >= 15 is 0 Å². The molecule has 1 aliphatic carbocycles. The normalized spacial score (nSPS) is 17.7. The van der Waals surface area contributed by atoms with Crippen molar-refractivity contribution in [1.29, 1.82) is 0 Å². The van der Waals surface area contributed by atoms with Crippen LogP contribution in [0.1, 0.15) is 63.0 Å². The Balaban J connectivity index is 1.66. The number of rotatable bonds is 5. The third-order valence-corrected chi connectivity index (χ3v) is 4.24. The Bertz CT molecular complexity index is 595. The van der Waals surface area contributed by atoms with Gasteiger partial charge in [0.15, 0.2) is 5.82 Å². The van der Waals surface area contributed by atoms with Gasteiger partial charge in [0.05, 0.1) is 5.54 Å². The fourth-order valence-corrected chi connectivity index (χ4v) is 3.01. The molecule has 0 spiro atoms. The maximum atomic E-state index is 6.35. The van der Waals surface area contributed by atoms with Gasteiger partial charge in [-0.25, -0.2) is 4.98 Å². The first-order chi connectivity index (χ1) is 10.1. The molecular weight excluding hydrogens is 266 g/mol. The summed E-state index contributed by atoms with van der Waals surface area (Å²) < 4.78 is 7.51. The van der Waals surface area contributed by atoms with E-state index in [0.29, 0.717) is 24.1 Å². The predicted octanol–water partition coefficient (Wildman–Crippen LogP) is 2.36. The summed E-state index contributed by atoms with van der Waals surface area (Å²) in [5.41, 5.74) is 5.97. The van der Waals surface area contributed by atoms with Gasteiger partial charge < -0.3 is 14.8 Å². The van der Waals surface area contributed by atoms with Gasteiger partial charge in [0.2, 0.25) is 5.89 Å². The zero-order valence-electron chi connectivity index (χ0n) is 12.7. The first-order valence-electron chi connectivity index (χ1n) is 7.71. The van der Waals surface area contributed by atoms with E-state index in [9.17, 15) is 0 Å². The van der Waals surface area contributed by atoms with Gasteiger partial charge in [-0.1, -0.05) is 31.8 Å². The van der Waals surface area contributed by atoms with E-state index in [1.165, 1.54) is 0 Å². The van der Waals surface area contributed by atoms with Crippen LogP contribution < -0.4 is 5.73 Å². The second-order valence-corrected chi connectivity index (χ2v) is 6.26. The number of nitrogens with two attached hydrogens (primary N) is 1. The third kappa shape index (κ3) is 2.85. The van der Waals surface area contributed by atoms with Gasteiger partial charge in [-0.15, -0.1) is 0 Å². The van der Waals surface area contributed by atoms with E-state index in [0.717, 1.165) is 38.1 Å². The summed E-state index contributed by atoms with van der Waals surface area (Å²) in [5, 5.41) is 4.09. The van der Waals surface area contributed by atoms with E-state index < -0.39 is 0 Å². The van der Waals surface area contributed by atoms with E-state index in [2.05, 4.69) is 33.5 Å². The second-order valence-electron chi connectivity index (χ2n) is 6.26. The molecule has 2 N–H and O–H groups in total. The summed E-state index contributed by atoms with van der Waals surface area (Å²) in [5.74, 6) is 2.82. The van der Waals surface area contributed by atoms with E-state index in [4.69, 9.17) is 10.3 Å². The minimum Gasteiger partial charge on any atom is -0.339 e. The summed E-state index contributed by atoms with van der Waals surface area (Å²) in [4.78, 5) is 8.89. The monoisotopic (exact) mass is 289 g/mol.